The van der Waals surface area contributed by atoms with Crippen LogP contribution >= 0.6 is 15.9 Å². The summed E-state index contributed by atoms with van der Waals surface area (Å²) < 4.78 is 6.36. The monoisotopic (exact) mass is 400 g/mol. The summed E-state index contributed by atoms with van der Waals surface area (Å²) in [6, 6.07) is 16.1. The minimum atomic E-state index is -0.0212. The Hall–Kier alpha value is -2.01. The molecule has 1 aliphatic carbocycles. The quantitative estimate of drug-likeness (QED) is 0.723. The van der Waals surface area contributed by atoms with Gasteiger partial charge in [0.25, 0.3) is 0 Å². The lowest BCUT2D eigenvalue weighted by Gasteiger charge is -2.30. The molecule has 130 valence electrons. The lowest BCUT2D eigenvalue weighted by atomic mass is 10.0. The number of methoxy groups -OCH3 is 1. The molecule has 4 nitrogen and oxygen atoms in total. The molecule has 2 amide bonds. The fraction of sp³-hybridized carbons (Fsp3) is 0.350. The number of hydrogen-bond acceptors (Lipinski definition) is 2. The van der Waals surface area contributed by atoms with Crippen molar-refractivity contribution >= 4 is 27.6 Å². The SMILES string of the molecule is COc1cccc(C(C)N2C(=O)N(c3ccc(Br)cc3)CC23CC3)c1. The van der Waals surface area contributed by atoms with Crippen molar-refractivity contribution < 1.29 is 9.53 Å². The van der Waals surface area contributed by atoms with Crippen LogP contribution in [0.2, 0.25) is 0 Å². The topological polar surface area (TPSA) is 32.8 Å². The first kappa shape index (κ1) is 16.5. The van der Waals surface area contributed by atoms with Crippen LogP contribution in [-0.2, 0) is 0 Å². The molecule has 0 radical (unpaired) electrons. The molecule has 2 aliphatic rings. The summed E-state index contributed by atoms with van der Waals surface area (Å²) in [5, 5.41) is 0. The van der Waals surface area contributed by atoms with Gasteiger partial charge in [-0.2, -0.15) is 0 Å². The van der Waals surface area contributed by atoms with E-state index >= 15 is 0 Å². The van der Waals surface area contributed by atoms with Crippen LogP contribution in [-0.4, -0.2) is 30.1 Å². The molecule has 0 N–H and O–H groups in total. The highest BCUT2D eigenvalue weighted by molar-refractivity contribution is 9.10. The molecule has 2 fully saturated rings. The number of amides is 2. The second kappa shape index (κ2) is 6.06. The maximum absolute atomic E-state index is 13.2. The molecule has 1 spiro atoms. The van der Waals surface area contributed by atoms with Gasteiger partial charge in [-0.3, -0.25) is 4.90 Å². The van der Waals surface area contributed by atoms with Gasteiger partial charge in [0.1, 0.15) is 5.75 Å². The third kappa shape index (κ3) is 2.80. The maximum atomic E-state index is 13.2. The molecule has 1 unspecified atom stereocenters. The Morgan fingerprint density at radius 2 is 1.88 bits per heavy atom. The molecular formula is C20H21BrN2O2. The van der Waals surface area contributed by atoms with E-state index in [9.17, 15) is 4.79 Å². The van der Waals surface area contributed by atoms with E-state index in [0.717, 1.165) is 40.9 Å². The number of carbonyl (C=O) groups is 1. The van der Waals surface area contributed by atoms with Gasteiger partial charge in [0, 0.05) is 10.2 Å². The number of rotatable bonds is 4. The maximum Gasteiger partial charge on any atom is 0.325 e. The summed E-state index contributed by atoms with van der Waals surface area (Å²) in [6.45, 7) is 2.87. The van der Waals surface area contributed by atoms with Crippen LogP contribution in [0, 0.1) is 0 Å². The zero-order valence-corrected chi connectivity index (χ0v) is 16.0. The third-order valence-corrected chi connectivity index (χ3v) is 5.86. The summed E-state index contributed by atoms with van der Waals surface area (Å²) in [7, 11) is 1.67. The Labute approximate surface area is 156 Å². The van der Waals surface area contributed by atoms with Gasteiger partial charge in [0.2, 0.25) is 0 Å². The summed E-state index contributed by atoms with van der Waals surface area (Å²) >= 11 is 3.46. The van der Waals surface area contributed by atoms with Crippen molar-refractivity contribution in [1.29, 1.82) is 0 Å². The van der Waals surface area contributed by atoms with Crippen molar-refractivity contribution in [1.82, 2.24) is 4.90 Å². The molecule has 1 aliphatic heterocycles. The fourth-order valence-electron chi connectivity index (χ4n) is 3.76. The van der Waals surface area contributed by atoms with Gasteiger partial charge in [0.05, 0.1) is 25.2 Å². The molecular weight excluding hydrogens is 380 g/mol. The molecule has 1 saturated carbocycles. The first-order valence-electron chi connectivity index (χ1n) is 8.54. The Morgan fingerprint density at radius 3 is 2.52 bits per heavy atom. The van der Waals surface area contributed by atoms with Crippen molar-refractivity contribution in [3.63, 3.8) is 0 Å². The number of urea groups is 1. The molecule has 2 aromatic rings. The van der Waals surface area contributed by atoms with E-state index in [1.165, 1.54) is 0 Å². The predicted octanol–water partition coefficient (Wildman–Crippen LogP) is 4.99. The number of hydrogen-bond donors (Lipinski definition) is 0. The second-order valence-corrected chi connectivity index (χ2v) is 7.81. The molecule has 2 aromatic carbocycles. The van der Waals surface area contributed by atoms with Gasteiger partial charge >= 0.3 is 6.03 Å². The van der Waals surface area contributed by atoms with Gasteiger partial charge in [-0.05, 0) is 61.7 Å². The molecule has 0 bridgehead atoms. The van der Waals surface area contributed by atoms with Crippen LogP contribution in [0.3, 0.4) is 0 Å². The summed E-state index contributed by atoms with van der Waals surface area (Å²) in [5.74, 6) is 0.825. The van der Waals surface area contributed by atoms with Crippen LogP contribution in [0.4, 0.5) is 10.5 Å². The molecule has 0 aromatic heterocycles. The third-order valence-electron chi connectivity index (χ3n) is 5.33. The van der Waals surface area contributed by atoms with E-state index in [2.05, 4.69) is 33.8 Å². The lowest BCUT2D eigenvalue weighted by molar-refractivity contribution is 0.175. The number of carbonyl (C=O) groups excluding carboxylic acids is 1. The zero-order chi connectivity index (χ0) is 17.6. The second-order valence-electron chi connectivity index (χ2n) is 6.89. The Bertz CT molecular complexity index is 802. The van der Waals surface area contributed by atoms with E-state index < -0.39 is 0 Å². The van der Waals surface area contributed by atoms with Crippen LogP contribution in [0.15, 0.2) is 53.0 Å². The molecule has 1 heterocycles. The van der Waals surface area contributed by atoms with E-state index in [4.69, 9.17) is 4.74 Å². The average Bonchev–Trinajstić information content (AvgIpc) is 3.34. The summed E-state index contributed by atoms with van der Waals surface area (Å²) in [5.41, 5.74) is 2.04. The average molecular weight is 401 g/mol. The van der Waals surface area contributed by atoms with Gasteiger partial charge < -0.3 is 9.64 Å². The van der Waals surface area contributed by atoms with Gasteiger partial charge in [-0.15, -0.1) is 0 Å². The predicted molar refractivity (Wildman–Crippen MR) is 102 cm³/mol. The molecule has 1 atom stereocenters. The van der Waals surface area contributed by atoms with Gasteiger partial charge in [-0.25, -0.2) is 4.79 Å². The normalized spacial score (nSPS) is 19.4. The minimum absolute atomic E-state index is 0.0190. The van der Waals surface area contributed by atoms with Crippen molar-refractivity contribution in [3.05, 3.63) is 58.6 Å². The highest BCUT2D eigenvalue weighted by Crippen LogP contribution is 2.51. The minimum Gasteiger partial charge on any atom is -0.497 e. The summed E-state index contributed by atoms with van der Waals surface area (Å²) in [4.78, 5) is 17.2. The first-order chi connectivity index (χ1) is 12.0. The van der Waals surface area contributed by atoms with Crippen molar-refractivity contribution in [2.75, 3.05) is 18.6 Å². The van der Waals surface area contributed by atoms with Gasteiger partial charge in [0.15, 0.2) is 0 Å². The van der Waals surface area contributed by atoms with Crippen LogP contribution in [0.5, 0.6) is 5.75 Å². The number of nitrogens with zero attached hydrogens (tertiary/aromatic N) is 2. The molecule has 1 saturated heterocycles. The fourth-order valence-corrected chi connectivity index (χ4v) is 4.03. The molecule has 5 heteroatoms. The molecule has 25 heavy (non-hydrogen) atoms. The number of anilines is 1. The van der Waals surface area contributed by atoms with Crippen molar-refractivity contribution in [2.45, 2.75) is 31.3 Å². The highest BCUT2D eigenvalue weighted by Gasteiger charge is 2.59. The standard InChI is InChI=1S/C20H21BrN2O2/c1-14(15-4-3-5-18(12-15)25-2)23-19(24)22(13-20(23)10-11-20)17-8-6-16(21)7-9-17/h3-9,12,14H,10-11,13H2,1-2H3. The van der Waals surface area contributed by atoms with E-state index in [1.54, 1.807) is 7.11 Å². The van der Waals surface area contributed by atoms with Crippen LogP contribution < -0.4 is 9.64 Å². The van der Waals surface area contributed by atoms with E-state index in [0.29, 0.717) is 0 Å². The summed E-state index contributed by atoms with van der Waals surface area (Å²) in [6.07, 6.45) is 2.14. The first-order valence-corrected chi connectivity index (χ1v) is 9.34. The molecule has 4 rings (SSSR count). The Morgan fingerprint density at radius 1 is 1.16 bits per heavy atom. The highest BCUT2D eigenvalue weighted by atomic mass is 79.9. The lowest BCUT2D eigenvalue weighted by Crippen LogP contribution is -2.38. The Kier molecular flexibility index (Phi) is 3.99. The van der Waals surface area contributed by atoms with E-state index in [-0.39, 0.29) is 17.6 Å². The number of halogens is 1. The van der Waals surface area contributed by atoms with E-state index in [1.807, 2.05) is 47.4 Å². The Balaban J connectivity index is 1.65. The zero-order valence-electron chi connectivity index (χ0n) is 14.4. The van der Waals surface area contributed by atoms with Crippen LogP contribution in [0.25, 0.3) is 0 Å². The van der Waals surface area contributed by atoms with Crippen LogP contribution in [0.1, 0.15) is 31.4 Å². The largest absolute Gasteiger partial charge is 0.497 e. The number of benzene rings is 2. The van der Waals surface area contributed by atoms with Crippen molar-refractivity contribution in [2.24, 2.45) is 0 Å². The number of ether oxygens (including phenoxy) is 1. The smallest absolute Gasteiger partial charge is 0.325 e. The van der Waals surface area contributed by atoms with Gasteiger partial charge in [-0.1, -0.05) is 28.1 Å². The van der Waals surface area contributed by atoms with Crippen molar-refractivity contribution in [3.8, 4) is 5.75 Å².